The van der Waals surface area contributed by atoms with Gasteiger partial charge in [0.2, 0.25) is 5.91 Å². The second-order valence-corrected chi connectivity index (χ2v) is 8.53. The second-order valence-electron chi connectivity index (χ2n) is 8.53. The Morgan fingerprint density at radius 2 is 1.86 bits per heavy atom. The van der Waals surface area contributed by atoms with Crippen molar-refractivity contribution in [1.82, 2.24) is 5.32 Å². The number of anilines is 2. The molecule has 0 spiro atoms. The maximum absolute atomic E-state index is 15.0. The van der Waals surface area contributed by atoms with Crippen LogP contribution in [0, 0.1) is 11.7 Å². The van der Waals surface area contributed by atoms with E-state index in [9.17, 15) is 9.18 Å². The lowest BCUT2D eigenvalue weighted by Crippen LogP contribution is -2.20. The molecule has 0 saturated heterocycles. The minimum absolute atomic E-state index is 0.0436. The van der Waals surface area contributed by atoms with E-state index in [1.165, 1.54) is 31.7 Å². The molecule has 3 rings (SSSR count). The number of nitrogens with one attached hydrogen (secondary N) is 3. The summed E-state index contributed by atoms with van der Waals surface area (Å²) < 4.78 is 26.1. The Kier molecular flexibility index (Phi) is 10.3. The number of amides is 1. The zero-order chi connectivity index (χ0) is 25.0. The molecule has 1 fully saturated rings. The van der Waals surface area contributed by atoms with Gasteiger partial charge in [-0.1, -0.05) is 19.4 Å². The van der Waals surface area contributed by atoms with Gasteiger partial charge in [-0.2, -0.15) is 0 Å². The van der Waals surface area contributed by atoms with Gasteiger partial charge in [-0.15, -0.1) is 0 Å². The molecular formula is C27H35FN4O3. The molecule has 2 aromatic carbocycles. The van der Waals surface area contributed by atoms with E-state index in [2.05, 4.69) is 27.5 Å². The van der Waals surface area contributed by atoms with Crippen LogP contribution in [-0.2, 0) is 9.53 Å². The fraction of sp³-hybridized carbons (Fsp3) is 0.407. The van der Waals surface area contributed by atoms with E-state index < -0.39 is 5.82 Å². The highest BCUT2D eigenvalue weighted by atomic mass is 19.1. The van der Waals surface area contributed by atoms with Crippen molar-refractivity contribution in [2.75, 3.05) is 44.0 Å². The van der Waals surface area contributed by atoms with Gasteiger partial charge in [0, 0.05) is 42.0 Å². The number of carbonyl (C=O) groups is 1. The average molecular weight is 483 g/mol. The number of halogens is 1. The summed E-state index contributed by atoms with van der Waals surface area (Å²) in [5, 5.41) is 8.93. The summed E-state index contributed by atoms with van der Waals surface area (Å²) in [6, 6.07) is 10.1. The first-order valence-corrected chi connectivity index (χ1v) is 12.0. The smallest absolute Gasteiger partial charge is 0.250 e. The molecule has 8 heteroatoms. The molecule has 1 aliphatic carbocycles. The molecule has 3 N–H and O–H groups in total. The van der Waals surface area contributed by atoms with Crippen LogP contribution in [0.1, 0.15) is 38.2 Å². The maximum atomic E-state index is 15.0. The van der Waals surface area contributed by atoms with Gasteiger partial charge in [0.15, 0.2) is 0 Å². The molecule has 2 aromatic rings. The van der Waals surface area contributed by atoms with E-state index in [4.69, 9.17) is 9.47 Å². The third kappa shape index (κ3) is 8.19. The van der Waals surface area contributed by atoms with Crippen molar-refractivity contribution in [3.05, 3.63) is 54.4 Å². The summed E-state index contributed by atoms with van der Waals surface area (Å²) in [6.07, 6.45) is 6.48. The number of hydrogen-bond donors (Lipinski definition) is 3. The van der Waals surface area contributed by atoms with Crippen LogP contribution in [-0.4, -0.2) is 45.5 Å². The molecule has 35 heavy (non-hydrogen) atoms. The van der Waals surface area contributed by atoms with Gasteiger partial charge in [0.05, 0.1) is 17.9 Å². The van der Waals surface area contributed by atoms with E-state index in [0.717, 1.165) is 0 Å². The molecule has 0 unspecified atom stereocenters. The Labute approximate surface area is 206 Å². The number of carbonyl (C=O) groups excluding carboxylic acids is 1. The van der Waals surface area contributed by atoms with E-state index in [0.29, 0.717) is 54.2 Å². The van der Waals surface area contributed by atoms with Gasteiger partial charge in [-0.3, -0.25) is 9.79 Å². The fourth-order valence-electron chi connectivity index (χ4n) is 4.03. The highest BCUT2D eigenvalue weighted by molar-refractivity contribution is 5.92. The monoisotopic (exact) mass is 482 g/mol. The maximum Gasteiger partial charge on any atom is 0.250 e. The number of rotatable bonds is 13. The third-order valence-electron chi connectivity index (χ3n) is 5.76. The molecule has 0 bridgehead atoms. The number of benzene rings is 2. The van der Waals surface area contributed by atoms with Crippen molar-refractivity contribution in [3.63, 3.8) is 0 Å². The van der Waals surface area contributed by atoms with Crippen LogP contribution in [0.4, 0.5) is 21.5 Å². The molecule has 1 amide bonds. The molecule has 0 aromatic heterocycles. The van der Waals surface area contributed by atoms with Crippen molar-refractivity contribution in [2.24, 2.45) is 10.9 Å². The first-order valence-electron chi connectivity index (χ1n) is 12.0. The molecule has 7 nitrogen and oxygen atoms in total. The van der Waals surface area contributed by atoms with Crippen LogP contribution in [0.15, 0.2) is 48.0 Å². The van der Waals surface area contributed by atoms with Gasteiger partial charge in [0.25, 0.3) is 0 Å². The highest BCUT2D eigenvalue weighted by Crippen LogP contribution is 2.33. The molecule has 0 aliphatic heterocycles. The largest absolute Gasteiger partial charge is 0.492 e. The predicted octanol–water partition coefficient (Wildman–Crippen LogP) is 5.37. The Hall–Kier alpha value is -3.23. The predicted molar refractivity (Wildman–Crippen MR) is 140 cm³/mol. The number of nitrogens with zero attached hydrogens (tertiary/aromatic N) is 1. The van der Waals surface area contributed by atoms with Crippen molar-refractivity contribution in [3.8, 4) is 5.75 Å². The quantitative estimate of drug-likeness (QED) is 0.264. The first-order chi connectivity index (χ1) is 17.0. The van der Waals surface area contributed by atoms with Crippen LogP contribution in [0.2, 0.25) is 0 Å². The van der Waals surface area contributed by atoms with Crippen molar-refractivity contribution in [1.29, 1.82) is 0 Å². The molecule has 0 atom stereocenters. The molecule has 0 radical (unpaired) electrons. The molecular weight excluding hydrogens is 447 g/mol. The van der Waals surface area contributed by atoms with Gasteiger partial charge in [-0.05, 0) is 57.0 Å². The van der Waals surface area contributed by atoms with Gasteiger partial charge in [0.1, 0.15) is 24.8 Å². The van der Waals surface area contributed by atoms with Crippen molar-refractivity contribution in [2.45, 2.75) is 32.6 Å². The minimum Gasteiger partial charge on any atom is -0.492 e. The Morgan fingerprint density at radius 1 is 1.17 bits per heavy atom. The average Bonchev–Trinajstić information content (AvgIpc) is 3.34. The Bertz CT molecular complexity index is 1020. The molecule has 188 valence electrons. The number of aliphatic imine (C=N–C) groups is 1. The minimum atomic E-state index is -0.480. The Balaban J connectivity index is 1.57. The number of hydrogen-bond acceptors (Lipinski definition) is 6. The summed E-state index contributed by atoms with van der Waals surface area (Å²) in [5.41, 5.74) is 2.40. The zero-order valence-corrected chi connectivity index (χ0v) is 20.5. The molecule has 1 aliphatic rings. The Morgan fingerprint density at radius 3 is 2.51 bits per heavy atom. The third-order valence-corrected chi connectivity index (χ3v) is 5.76. The van der Waals surface area contributed by atoms with Crippen LogP contribution < -0.4 is 20.7 Å². The van der Waals surface area contributed by atoms with Gasteiger partial charge >= 0.3 is 0 Å². The van der Waals surface area contributed by atoms with Crippen LogP contribution in [0.25, 0.3) is 5.70 Å². The summed E-state index contributed by atoms with van der Waals surface area (Å²) in [4.78, 5) is 16.4. The molecule has 0 heterocycles. The topological polar surface area (TPSA) is 84.0 Å². The fourth-order valence-corrected chi connectivity index (χ4v) is 4.03. The van der Waals surface area contributed by atoms with Crippen molar-refractivity contribution >= 4 is 34.9 Å². The highest BCUT2D eigenvalue weighted by Gasteiger charge is 2.16. The van der Waals surface area contributed by atoms with E-state index in [1.54, 1.807) is 43.5 Å². The number of ether oxygens (including phenoxy) is 2. The lowest BCUT2D eigenvalue weighted by atomic mass is 10.1. The lowest BCUT2D eigenvalue weighted by molar-refractivity contribution is -0.121. The van der Waals surface area contributed by atoms with Gasteiger partial charge < -0.3 is 25.4 Å². The summed E-state index contributed by atoms with van der Waals surface area (Å²) >= 11 is 0. The lowest BCUT2D eigenvalue weighted by Gasteiger charge is -2.15. The van der Waals surface area contributed by atoms with Gasteiger partial charge in [-0.25, -0.2) is 4.39 Å². The standard InChI is InChI=1S/C27H35FN4O3/c1-4-30-25-16-23(35-14-13-29-3)15-24(28)27(25)19(2)31-21-9-11-22(12-10-21)32-26(33)18-34-17-20-7-5-6-8-20/h4,9-12,15-16,20,29,31H,2,5-8,13-14,17-18H2,1,3H3,(H,32,33). The van der Waals surface area contributed by atoms with Crippen LogP contribution in [0.5, 0.6) is 5.75 Å². The van der Waals surface area contributed by atoms with E-state index in [1.807, 2.05) is 7.05 Å². The van der Waals surface area contributed by atoms with E-state index >= 15 is 0 Å². The normalized spacial score (nSPS) is 13.8. The van der Waals surface area contributed by atoms with Crippen LogP contribution >= 0.6 is 0 Å². The summed E-state index contributed by atoms with van der Waals surface area (Å²) in [6.45, 7) is 7.51. The van der Waals surface area contributed by atoms with Crippen LogP contribution in [0.3, 0.4) is 0 Å². The van der Waals surface area contributed by atoms with Crippen molar-refractivity contribution < 1.29 is 18.7 Å². The summed E-state index contributed by atoms with van der Waals surface area (Å²) in [5.74, 6) is 0.319. The molecule has 1 saturated carbocycles. The summed E-state index contributed by atoms with van der Waals surface area (Å²) in [7, 11) is 1.82. The second kappa shape index (κ2) is 13.6. The number of likely N-dealkylation sites (N-methyl/N-ethyl adjacent to an activating group) is 1. The SMILES string of the molecule is C=C(Nc1ccc(NC(=O)COCC2CCCC2)cc1)c1c(F)cc(OCCNC)cc1N=CC. The van der Waals surface area contributed by atoms with E-state index in [-0.39, 0.29) is 18.1 Å². The zero-order valence-electron chi connectivity index (χ0n) is 20.5. The first kappa shape index (κ1) is 26.4.